The van der Waals surface area contributed by atoms with Gasteiger partial charge in [0.2, 0.25) is 0 Å². The number of hydrogen-bond donors (Lipinski definition) is 1. The van der Waals surface area contributed by atoms with Crippen molar-refractivity contribution in [3.05, 3.63) is 0 Å². The predicted octanol–water partition coefficient (Wildman–Crippen LogP) is 1.42. The first-order valence-corrected chi connectivity index (χ1v) is 8.52. The normalized spacial score (nSPS) is 28.6. The molecule has 2 aliphatic rings. The van der Waals surface area contributed by atoms with Gasteiger partial charge in [-0.05, 0) is 26.3 Å². The van der Waals surface area contributed by atoms with Gasteiger partial charge < -0.3 is 10.1 Å². The van der Waals surface area contributed by atoms with Crippen LogP contribution in [0.5, 0.6) is 0 Å². The Morgan fingerprint density at radius 2 is 1.95 bits per heavy atom. The highest BCUT2D eigenvalue weighted by atomic mass is 16.5. The summed E-state index contributed by atoms with van der Waals surface area (Å²) in [7, 11) is 0. The minimum atomic E-state index is 0.609. The molecule has 4 nitrogen and oxygen atoms in total. The van der Waals surface area contributed by atoms with Gasteiger partial charge in [0, 0.05) is 57.3 Å². The van der Waals surface area contributed by atoms with Crippen molar-refractivity contribution in [1.82, 2.24) is 15.1 Å². The van der Waals surface area contributed by atoms with E-state index in [2.05, 4.69) is 35.9 Å². The highest BCUT2D eigenvalue weighted by Gasteiger charge is 2.28. The third-order valence-corrected chi connectivity index (χ3v) is 5.08. The van der Waals surface area contributed by atoms with E-state index in [0.717, 1.165) is 25.8 Å². The Morgan fingerprint density at radius 3 is 2.50 bits per heavy atom. The molecule has 0 radical (unpaired) electrons. The van der Waals surface area contributed by atoms with Crippen LogP contribution in [-0.2, 0) is 4.74 Å². The molecule has 2 fully saturated rings. The fourth-order valence-corrected chi connectivity index (χ4v) is 3.44. The minimum Gasteiger partial charge on any atom is -0.381 e. The van der Waals surface area contributed by atoms with Crippen molar-refractivity contribution in [1.29, 1.82) is 0 Å². The van der Waals surface area contributed by atoms with Gasteiger partial charge in [-0.2, -0.15) is 0 Å². The molecule has 4 heteroatoms. The first kappa shape index (κ1) is 16.2. The van der Waals surface area contributed by atoms with E-state index in [0.29, 0.717) is 12.0 Å². The van der Waals surface area contributed by atoms with E-state index < -0.39 is 0 Å². The summed E-state index contributed by atoms with van der Waals surface area (Å²) in [6.07, 6.45) is 2.49. The fourth-order valence-electron chi connectivity index (χ4n) is 3.44. The van der Waals surface area contributed by atoms with Crippen LogP contribution in [0.15, 0.2) is 0 Å². The Bertz CT molecular complexity index is 260. The molecule has 0 saturated carbocycles. The summed E-state index contributed by atoms with van der Waals surface area (Å²) < 4.78 is 5.57. The molecule has 0 aromatic rings. The topological polar surface area (TPSA) is 27.7 Å². The molecule has 0 amide bonds. The van der Waals surface area contributed by atoms with Gasteiger partial charge in [-0.3, -0.25) is 9.80 Å². The van der Waals surface area contributed by atoms with E-state index in [9.17, 15) is 0 Å². The van der Waals surface area contributed by atoms with Crippen LogP contribution < -0.4 is 5.32 Å². The number of nitrogens with one attached hydrogen (secondary N) is 1. The van der Waals surface area contributed by atoms with Crippen molar-refractivity contribution in [3.8, 4) is 0 Å². The smallest absolute Gasteiger partial charge is 0.0510 e. The Hall–Kier alpha value is -0.160. The first-order chi connectivity index (χ1) is 9.74. The number of rotatable bonds is 7. The van der Waals surface area contributed by atoms with Crippen LogP contribution in [0.3, 0.4) is 0 Å². The summed E-state index contributed by atoms with van der Waals surface area (Å²) in [5.41, 5.74) is 0. The summed E-state index contributed by atoms with van der Waals surface area (Å²) in [4.78, 5) is 5.28. The Balaban J connectivity index is 1.77. The maximum atomic E-state index is 5.57. The van der Waals surface area contributed by atoms with Crippen LogP contribution >= 0.6 is 0 Å². The Morgan fingerprint density at radius 1 is 1.20 bits per heavy atom. The molecule has 118 valence electrons. The third-order valence-electron chi connectivity index (χ3n) is 5.08. The zero-order valence-corrected chi connectivity index (χ0v) is 13.6. The SMILES string of the molecule is CCNC(CN1CCN(C(C)CC)CC1)C1CCOC1. The van der Waals surface area contributed by atoms with Crippen LogP contribution in [0.4, 0.5) is 0 Å². The van der Waals surface area contributed by atoms with Crippen molar-refractivity contribution in [2.75, 3.05) is 52.5 Å². The number of ether oxygens (including phenoxy) is 1. The molecule has 3 atom stereocenters. The van der Waals surface area contributed by atoms with Gasteiger partial charge in [0.1, 0.15) is 0 Å². The van der Waals surface area contributed by atoms with Crippen molar-refractivity contribution in [2.24, 2.45) is 5.92 Å². The fraction of sp³-hybridized carbons (Fsp3) is 1.00. The average molecular weight is 283 g/mol. The lowest BCUT2D eigenvalue weighted by Gasteiger charge is -2.40. The van der Waals surface area contributed by atoms with Crippen LogP contribution in [-0.4, -0.2) is 74.4 Å². The molecular weight excluding hydrogens is 250 g/mol. The predicted molar refractivity (Wildman–Crippen MR) is 84.2 cm³/mol. The van der Waals surface area contributed by atoms with Crippen molar-refractivity contribution in [3.63, 3.8) is 0 Å². The van der Waals surface area contributed by atoms with E-state index in [4.69, 9.17) is 4.74 Å². The molecule has 0 aliphatic carbocycles. The monoisotopic (exact) mass is 283 g/mol. The van der Waals surface area contributed by atoms with Crippen LogP contribution in [0.2, 0.25) is 0 Å². The lowest BCUT2D eigenvalue weighted by Crippen LogP contribution is -2.54. The Labute approximate surface area is 124 Å². The van der Waals surface area contributed by atoms with Gasteiger partial charge in [-0.25, -0.2) is 0 Å². The number of piperazine rings is 1. The maximum Gasteiger partial charge on any atom is 0.0510 e. The average Bonchev–Trinajstić information content (AvgIpc) is 3.01. The maximum absolute atomic E-state index is 5.57. The third kappa shape index (κ3) is 4.42. The number of hydrogen-bond acceptors (Lipinski definition) is 4. The molecule has 2 heterocycles. The van der Waals surface area contributed by atoms with Crippen molar-refractivity contribution >= 4 is 0 Å². The van der Waals surface area contributed by atoms with E-state index in [-0.39, 0.29) is 0 Å². The zero-order chi connectivity index (χ0) is 14.4. The highest BCUT2D eigenvalue weighted by molar-refractivity contribution is 4.84. The van der Waals surface area contributed by atoms with E-state index in [1.54, 1.807) is 0 Å². The number of likely N-dealkylation sites (N-methyl/N-ethyl adjacent to an activating group) is 1. The molecule has 0 bridgehead atoms. The molecular formula is C16H33N3O. The molecule has 1 N–H and O–H groups in total. The summed E-state index contributed by atoms with van der Waals surface area (Å²) in [5, 5.41) is 3.68. The molecule has 2 rings (SSSR count). The van der Waals surface area contributed by atoms with Gasteiger partial charge in [0.25, 0.3) is 0 Å². The van der Waals surface area contributed by atoms with Crippen LogP contribution in [0.25, 0.3) is 0 Å². The van der Waals surface area contributed by atoms with E-state index in [1.165, 1.54) is 45.6 Å². The molecule has 2 saturated heterocycles. The standard InChI is InChI=1S/C16H33N3O/c1-4-14(3)19-9-7-18(8-10-19)12-16(17-5-2)15-6-11-20-13-15/h14-17H,4-13H2,1-3H3. The molecule has 0 spiro atoms. The Kier molecular flexibility index (Phi) is 6.75. The van der Waals surface area contributed by atoms with Crippen molar-refractivity contribution in [2.45, 2.75) is 45.7 Å². The lowest BCUT2D eigenvalue weighted by molar-refractivity contribution is 0.0858. The van der Waals surface area contributed by atoms with Gasteiger partial charge in [-0.1, -0.05) is 13.8 Å². The zero-order valence-electron chi connectivity index (χ0n) is 13.6. The quantitative estimate of drug-likeness (QED) is 0.765. The molecule has 2 aliphatic heterocycles. The summed E-state index contributed by atoms with van der Waals surface area (Å²) >= 11 is 0. The molecule has 3 unspecified atom stereocenters. The van der Waals surface area contributed by atoms with Gasteiger partial charge in [-0.15, -0.1) is 0 Å². The summed E-state index contributed by atoms with van der Waals surface area (Å²) in [6.45, 7) is 15.9. The summed E-state index contributed by atoms with van der Waals surface area (Å²) in [5.74, 6) is 0.711. The molecule has 20 heavy (non-hydrogen) atoms. The second-order valence-corrected chi connectivity index (χ2v) is 6.38. The van der Waals surface area contributed by atoms with E-state index >= 15 is 0 Å². The lowest BCUT2D eigenvalue weighted by atomic mass is 9.98. The second kappa shape index (κ2) is 8.32. The van der Waals surface area contributed by atoms with Gasteiger partial charge in [0.15, 0.2) is 0 Å². The highest BCUT2D eigenvalue weighted by Crippen LogP contribution is 2.18. The second-order valence-electron chi connectivity index (χ2n) is 6.38. The van der Waals surface area contributed by atoms with E-state index in [1.807, 2.05) is 0 Å². The first-order valence-electron chi connectivity index (χ1n) is 8.52. The summed E-state index contributed by atoms with van der Waals surface area (Å²) in [6, 6.07) is 1.35. The molecule has 0 aromatic heterocycles. The largest absolute Gasteiger partial charge is 0.381 e. The van der Waals surface area contributed by atoms with Crippen LogP contribution in [0.1, 0.15) is 33.6 Å². The van der Waals surface area contributed by atoms with Gasteiger partial charge in [0.05, 0.1) is 6.61 Å². The van der Waals surface area contributed by atoms with Gasteiger partial charge >= 0.3 is 0 Å². The van der Waals surface area contributed by atoms with Crippen molar-refractivity contribution < 1.29 is 4.74 Å². The minimum absolute atomic E-state index is 0.609. The van der Waals surface area contributed by atoms with Crippen LogP contribution in [0, 0.1) is 5.92 Å². The molecule has 0 aromatic carbocycles. The number of nitrogens with zero attached hydrogens (tertiary/aromatic N) is 2.